The molecule has 0 aliphatic heterocycles. The largest absolute Gasteiger partial charge is 0.322 e. The molecule has 2 aromatic heterocycles. The van der Waals surface area contributed by atoms with Crippen molar-refractivity contribution in [2.24, 2.45) is 0 Å². The molecule has 1 unspecified atom stereocenters. The van der Waals surface area contributed by atoms with Gasteiger partial charge >= 0.3 is 0 Å². The summed E-state index contributed by atoms with van der Waals surface area (Å²) < 4.78 is 2.08. The predicted molar refractivity (Wildman–Crippen MR) is 147 cm³/mol. The van der Waals surface area contributed by atoms with E-state index in [2.05, 4.69) is 94.2 Å². The molecule has 0 bridgehead atoms. The van der Waals surface area contributed by atoms with Crippen LogP contribution in [0.15, 0.2) is 47.3 Å². The van der Waals surface area contributed by atoms with Gasteiger partial charge in [0, 0.05) is 29.6 Å². The summed E-state index contributed by atoms with van der Waals surface area (Å²) in [7, 11) is 0. The van der Waals surface area contributed by atoms with Crippen molar-refractivity contribution in [2.45, 2.75) is 91.4 Å². The summed E-state index contributed by atoms with van der Waals surface area (Å²) in [6.45, 7) is 9.72. The van der Waals surface area contributed by atoms with Crippen molar-refractivity contribution in [3.8, 4) is 0 Å². The Morgan fingerprint density at radius 2 is 1.78 bits per heavy atom. The molecule has 0 amide bonds. The lowest BCUT2D eigenvalue weighted by atomic mass is 10.0. The summed E-state index contributed by atoms with van der Waals surface area (Å²) in [6.07, 6.45) is 6.61. The van der Waals surface area contributed by atoms with Crippen molar-refractivity contribution in [1.82, 2.24) is 30.1 Å². The molecule has 1 aliphatic rings. The number of nitrogens with one attached hydrogen (secondary N) is 1. The minimum atomic E-state index is -0.0305. The summed E-state index contributed by atoms with van der Waals surface area (Å²) in [6, 6.07) is 15.3. The SMILES string of the molecule is CCCC(c1nnnn1C1CCCC1)N(Cc1ccc(C)cc1)Cc1cc2c(C)cc(C)cc2[nH]c1=O. The van der Waals surface area contributed by atoms with Gasteiger partial charge in [-0.2, -0.15) is 0 Å². The van der Waals surface area contributed by atoms with Gasteiger partial charge in [-0.3, -0.25) is 9.69 Å². The van der Waals surface area contributed by atoms with Crippen molar-refractivity contribution < 1.29 is 0 Å². The molecule has 0 spiro atoms. The first kappa shape index (κ1) is 25.3. The van der Waals surface area contributed by atoms with Crippen LogP contribution in [0.4, 0.5) is 0 Å². The summed E-state index contributed by atoms with van der Waals surface area (Å²) in [5.74, 6) is 0.921. The lowest BCUT2D eigenvalue weighted by Gasteiger charge is -2.31. The molecule has 2 aromatic carbocycles. The Balaban J connectivity index is 1.56. The molecule has 5 rings (SSSR count). The van der Waals surface area contributed by atoms with Crippen molar-refractivity contribution >= 4 is 10.9 Å². The smallest absolute Gasteiger partial charge is 0.252 e. The molecule has 7 nitrogen and oxygen atoms in total. The van der Waals surface area contributed by atoms with Crippen molar-refractivity contribution in [1.29, 1.82) is 0 Å². The second kappa shape index (κ2) is 11.0. The third kappa shape index (κ3) is 5.52. The highest BCUT2D eigenvalue weighted by Gasteiger charge is 2.30. The molecule has 1 fully saturated rings. The van der Waals surface area contributed by atoms with Crippen LogP contribution in [0.25, 0.3) is 10.9 Å². The molecule has 7 heteroatoms. The molecule has 1 saturated carbocycles. The number of rotatable bonds is 9. The van der Waals surface area contributed by atoms with Gasteiger partial charge < -0.3 is 4.98 Å². The Hall–Kier alpha value is -3.32. The fraction of sp³-hybridized carbons (Fsp3) is 0.467. The molecular formula is C30H38N6O. The molecule has 1 N–H and O–H groups in total. The minimum absolute atomic E-state index is 0.0103. The van der Waals surface area contributed by atoms with Crippen LogP contribution in [0.3, 0.4) is 0 Å². The van der Waals surface area contributed by atoms with E-state index in [0.29, 0.717) is 19.1 Å². The van der Waals surface area contributed by atoms with Gasteiger partial charge in [-0.25, -0.2) is 4.68 Å². The first-order valence-corrected chi connectivity index (χ1v) is 13.6. The fourth-order valence-corrected chi connectivity index (χ4v) is 5.83. The van der Waals surface area contributed by atoms with Crippen LogP contribution in [0.1, 0.15) is 91.2 Å². The number of pyridine rings is 1. The Morgan fingerprint density at radius 1 is 1.03 bits per heavy atom. The lowest BCUT2D eigenvalue weighted by Crippen LogP contribution is -2.33. The Labute approximate surface area is 218 Å². The van der Waals surface area contributed by atoms with Gasteiger partial charge in [0.15, 0.2) is 5.82 Å². The molecule has 1 atom stereocenters. The van der Waals surface area contributed by atoms with Crippen LogP contribution in [-0.4, -0.2) is 30.1 Å². The summed E-state index contributed by atoms with van der Waals surface area (Å²) >= 11 is 0. The molecule has 1 aliphatic carbocycles. The van der Waals surface area contributed by atoms with Gasteiger partial charge in [0.2, 0.25) is 0 Å². The number of hydrogen-bond acceptors (Lipinski definition) is 5. The fourth-order valence-electron chi connectivity index (χ4n) is 5.83. The zero-order valence-corrected chi connectivity index (χ0v) is 22.5. The van der Waals surface area contributed by atoms with Gasteiger partial charge in [0.25, 0.3) is 5.56 Å². The van der Waals surface area contributed by atoms with Crippen molar-refractivity contribution in [3.05, 3.63) is 86.5 Å². The number of aromatic amines is 1. The second-order valence-corrected chi connectivity index (χ2v) is 10.8. The monoisotopic (exact) mass is 498 g/mol. The summed E-state index contributed by atoms with van der Waals surface area (Å²) in [5, 5.41) is 14.2. The summed E-state index contributed by atoms with van der Waals surface area (Å²) in [5.41, 5.74) is 6.41. The van der Waals surface area contributed by atoms with Crippen LogP contribution >= 0.6 is 0 Å². The molecule has 0 radical (unpaired) electrons. The molecule has 0 saturated heterocycles. The number of tetrazole rings is 1. The highest BCUT2D eigenvalue weighted by molar-refractivity contribution is 5.83. The number of hydrogen-bond donors (Lipinski definition) is 1. The van der Waals surface area contributed by atoms with Gasteiger partial charge in [-0.1, -0.05) is 62.1 Å². The first-order valence-electron chi connectivity index (χ1n) is 13.6. The Kier molecular flexibility index (Phi) is 7.51. The minimum Gasteiger partial charge on any atom is -0.322 e. The number of fused-ring (bicyclic) bond motifs is 1. The van der Waals surface area contributed by atoms with Crippen LogP contribution in [0, 0.1) is 20.8 Å². The number of benzene rings is 2. The number of aryl methyl sites for hydroxylation is 3. The van der Waals surface area contributed by atoms with E-state index in [-0.39, 0.29) is 11.6 Å². The highest BCUT2D eigenvalue weighted by atomic mass is 16.1. The van der Waals surface area contributed by atoms with E-state index in [1.165, 1.54) is 29.5 Å². The Morgan fingerprint density at radius 3 is 2.51 bits per heavy atom. The standard InChI is InChI=1S/C30H38N6O/c1-5-8-28(29-32-33-34-36(29)25-9-6-7-10-25)35(18-23-13-11-20(2)12-14-23)19-24-17-26-22(4)15-21(3)16-27(26)31-30(24)37/h11-17,25,28H,5-10,18-19H2,1-4H3,(H,31,37). The van der Waals surface area contributed by atoms with E-state index in [4.69, 9.17) is 0 Å². The summed E-state index contributed by atoms with van der Waals surface area (Å²) in [4.78, 5) is 18.8. The second-order valence-electron chi connectivity index (χ2n) is 10.8. The number of nitrogens with zero attached hydrogens (tertiary/aromatic N) is 5. The van der Waals surface area contributed by atoms with E-state index in [0.717, 1.165) is 53.5 Å². The zero-order chi connectivity index (χ0) is 25.9. The van der Waals surface area contributed by atoms with Crippen LogP contribution in [0.5, 0.6) is 0 Å². The zero-order valence-electron chi connectivity index (χ0n) is 22.5. The molecule has 194 valence electrons. The van der Waals surface area contributed by atoms with E-state index in [1.807, 2.05) is 6.07 Å². The number of H-pyrrole nitrogens is 1. The first-order chi connectivity index (χ1) is 17.9. The number of aromatic nitrogens is 5. The van der Waals surface area contributed by atoms with Gasteiger partial charge in [0.05, 0.1) is 12.1 Å². The van der Waals surface area contributed by atoms with Crippen LogP contribution in [0.2, 0.25) is 0 Å². The van der Waals surface area contributed by atoms with Gasteiger partial charge in [0.1, 0.15) is 0 Å². The van der Waals surface area contributed by atoms with Crippen molar-refractivity contribution in [3.63, 3.8) is 0 Å². The molecule has 4 aromatic rings. The maximum Gasteiger partial charge on any atom is 0.252 e. The predicted octanol–water partition coefficient (Wildman–Crippen LogP) is 6.10. The third-order valence-electron chi connectivity index (χ3n) is 7.76. The van der Waals surface area contributed by atoms with E-state index < -0.39 is 0 Å². The maximum absolute atomic E-state index is 13.3. The molecule has 37 heavy (non-hydrogen) atoms. The topological polar surface area (TPSA) is 79.7 Å². The van der Waals surface area contributed by atoms with E-state index in [9.17, 15) is 4.79 Å². The van der Waals surface area contributed by atoms with Crippen LogP contribution in [-0.2, 0) is 13.1 Å². The average molecular weight is 499 g/mol. The lowest BCUT2D eigenvalue weighted by molar-refractivity contribution is 0.153. The maximum atomic E-state index is 13.3. The molecular weight excluding hydrogens is 460 g/mol. The molecule has 2 heterocycles. The normalized spacial score (nSPS) is 15.2. The van der Waals surface area contributed by atoms with Crippen molar-refractivity contribution in [2.75, 3.05) is 0 Å². The Bertz CT molecular complexity index is 1410. The van der Waals surface area contributed by atoms with Gasteiger partial charge in [-0.15, -0.1) is 5.10 Å². The van der Waals surface area contributed by atoms with E-state index >= 15 is 0 Å². The van der Waals surface area contributed by atoms with Crippen LogP contribution < -0.4 is 5.56 Å². The highest BCUT2D eigenvalue weighted by Crippen LogP contribution is 2.34. The van der Waals surface area contributed by atoms with E-state index in [1.54, 1.807) is 0 Å². The third-order valence-corrected chi connectivity index (χ3v) is 7.76. The quantitative estimate of drug-likeness (QED) is 0.302. The van der Waals surface area contributed by atoms with Gasteiger partial charge in [-0.05, 0) is 79.3 Å². The average Bonchev–Trinajstić information content (AvgIpc) is 3.56.